The number of benzene rings is 1. The molecule has 0 bridgehead atoms. The average molecular weight is 245 g/mol. The van der Waals surface area contributed by atoms with Crippen LogP contribution in [0.3, 0.4) is 0 Å². The van der Waals surface area contributed by atoms with E-state index in [9.17, 15) is 5.11 Å². The summed E-state index contributed by atoms with van der Waals surface area (Å²) in [7, 11) is 0. The van der Waals surface area contributed by atoms with Crippen LogP contribution in [0.5, 0.6) is 0 Å². The van der Waals surface area contributed by atoms with Crippen LogP contribution >= 0.6 is 0 Å². The fourth-order valence-corrected chi connectivity index (χ4v) is 2.86. The third kappa shape index (κ3) is 2.54. The van der Waals surface area contributed by atoms with E-state index in [1.165, 1.54) is 43.2 Å². The van der Waals surface area contributed by atoms with Gasteiger partial charge in [0.25, 0.3) is 0 Å². The van der Waals surface area contributed by atoms with Crippen molar-refractivity contribution in [2.45, 2.75) is 57.0 Å². The molecular formula is C16H23NO. The van der Waals surface area contributed by atoms with Crippen molar-refractivity contribution in [3.05, 3.63) is 29.3 Å². The van der Waals surface area contributed by atoms with Crippen LogP contribution in [0.15, 0.2) is 18.2 Å². The molecule has 0 unspecified atom stereocenters. The van der Waals surface area contributed by atoms with Crippen LogP contribution in [0.1, 0.15) is 55.6 Å². The van der Waals surface area contributed by atoms with Crippen LogP contribution in [-0.4, -0.2) is 11.2 Å². The topological polar surface area (TPSA) is 46.2 Å². The Labute approximate surface area is 109 Å². The maximum absolute atomic E-state index is 9.94. The van der Waals surface area contributed by atoms with Crippen LogP contribution in [-0.2, 0) is 6.42 Å². The Balaban J connectivity index is 1.65. The minimum atomic E-state index is -0.114. The van der Waals surface area contributed by atoms with E-state index in [4.69, 9.17) is 5.73 Å². The molecule has 1 aromatic rings. The Morgan fingerprint density at radius 3 is 2.61 bits per heavy atom. The zero-order valence-electron chi connectivity index (χ0n) is 10.9. The van der Waals surface area contributed by atoms with Gasteiger partial charge in [0, 0.05) is 5.69 Å². The Morgan fingerprint density at radius 2 is 2.00 bits per heavy atom. The molecule has 0 aliphatic heterocycles. The Kier molecular flexibility index (Phi) is 3.29. The highest BCUT2D eigenvalue weighted by molar-refractivity contribution is 5.49. The summed E-state index contributed by atoms with van der Waals surface area (Å²) in [4.78, 5) is 0. The van der Waals surface area contributed by atoms with Gasteiger partial charge < -0.3 is 10.8 Å². The third-order valence-corrected chi connectivity index (χ3v) is 4.62. The van der Waals surface area contributed by atoms with Crippen LogP contribution < -0.4 is 5.73 Å². The molecule has 0 spiro atoms. The van der Waals surface area contributed by atoms with E-state index in [0.29, 0.717) is 5.92 Å². The van der Waals surface area contributed by atoms with Gasteiger partial charge in [-0.25, -0.2) is 0 Å². The van der Waals surface area contributed by atoms with Crippen molar-refractivity contribution in [2.75, 3.05) is 5.73 Å². The Bertz CT molecular complexity index is 421. The second kappa shape index (κ2) is 4.93. The van der Waals surface area contributed by atoms with Crippen molar-refractivity contribution in [1.29, 1.82) is 0 Å². The molecule has 2 heteroatoms. The molecule has 2 saturated carbocycles. The van der Waals surface area contributed by atoms with Crippen LogP contribution in [0, 0.1) is 5.92 Å². The number of nitrogen functional groups attached to an aromatic ring is 1. The molecule has 3 rings (SSSR count). The lowest BCUT2D eigenvalue weighted by atomic mass is 9.79. The lowest BCUT2D eigenvalue weighted by Crippen LogP contribution is -2.12. The molecular weight excluding hydrogens is 222 g/mol. The van der Waals surface area contributed by atoms with Crippen molar-refractivity contribution >= 4 is 5.69 Å². The third-order valence-electron chi connectivity index (χ3n) is 4.62. The average Bonchev–Trinajstić information content (AvgIpc) is 3.11. The van der Waals surface area contributed by atoms with Crippen molar-refractivity contribution in [2.24, 2.45) is 5.92 Å². The first-order chi connectivity index (χ1) is 8.74. The van der Waals surface area contributed by atoms with Crippen LogP contribution in [0.4, 0.5) is 5.69 Å². The van der Waals surface area contributed by atoms with Gasteiger partial charge in [-0.2, -0.15) is 0 Å². The van der Waals surface area contributed by atoms with Crippen molar-refractivity contribution in [3.8, 4) is 0 Å². The summed E-state index contributed by atoms with van der Waals surface area (Å²) in [5, 5.41) is 9.94. The molecule has 1 atom stereocenters. The highest BCUT2D eigenvalue weighted by Crippen LogP contribution is 2.38. The lowest BCUT2D eigenvalue weighted by Gasteiger charge is -2.26. The highest BCUT2D eigenvalue weighted by atomic mass is 16.3. The second-order valence-corrected chi connectivity index (χ2v) is 6.03. The van der Waals surface area contributed by atoms with Crippen molar-refractivity contribution < 1.29 is 5.11 Å². The fourth-order valence-electron chi connectivity index (χ4n) is 2.86. The number of nitrogens with two attached hydrogens (primary N) is 1. The summed E-state index contributed by atoms with van der Waals surface area (Å²) >= 11 is 0. The number of rotatable bonds is 5. The van der Waals surface area contributed by atoms with E-state index in [0.717, 1.165) is 24.4 Å². The zero-order valence-corrected chi connectivity index (χ0v) is 10.9. The minimum absolute atomic E-state index is 0.114. The van der Waals surface area contributed by atoms with Gasteiger partial charge >= 0.3 is 0 Å². The van der Waals surface area contributed by atoms with Gasteiger partial charge in [0.05, 0.1) is 6.10 Å². The quantitative estimate of drug-likeness (QED) is 0.782. The highest BCUT2D eigenvalue weighted by Gasteiger charge is 2.29. The first-order valence-electron chi connectivity index (χ1n) is 7.30. The van der Waals surface area contributed by atoms with E-state index >= 15 is 0 Å². The van der Waals surface area contributed by atoms with Gasteiger partial charge in [-0.3, -0.25) is 0 Å². The molecule has 2 aliphatic rings. The lowest BCUT2D eigenvalue weighted by molar-refractivity contribution is 0.142. The number of hydrogen-bond donors (Lipinski definition) is 2. The Hall–Kier alpha value is -1.02. The van der Waals surface area contributed by atoms with E-state index < -0.39 is 0 Å². The summed E-state index contributed by atoms with van der Waals surface area (Å²) in [6.45, 7) is 0. The van der Waals surface area contributed by atoms with Crippen LogP contribution in [0.2, 0.25) is 0 Å². The molecule has 0 amide bonds. The van der Waals surface area contributed by atoms with Crippen molar-refractivity contribution in [1.82, 2.24) is 0 Å². The number of aliphatic hydroxyl groups excluding tert-OH is 1. The summed E-state index contributed by atoms with van der Waals surface area (Å²) in [5.41, 5.74) is 9.62. The first kappa shape index (κ1) is 12.0. The molecule has 2 nitrogen and oxygen atoms in total. The van der Waals surface area contributed by atoms with Gasteiger partial charge in [0.1, 0.15) is 0 Å². The monoisotopic (exact) mass is 245 g/mol. The van der Waals surface area contributed by atoms with E-state index in [1.807, 2.05) is 6.07 Å². The molecule has 98 valence electrons. The molecule has 0 saturated heterocycles. The van der Waals surface area contributed by atoms with Gasteiger partial charge in [0.2, 0.25) is 0 Å². The molecule has 2 aliphatic carbocycles. The largest absolute Gasteiger partial charge is 0.399 e. The number of hydrogen-bond acceptors (Lipinski definition) is 2. The number of aliphatic hydroxyl groups is 1. The van der Waals surface area contributed by atoms with Gasteiger partial charge in [-0.05, 0) is 67.6 Å². The summed E-state index contributed by atoms with van der Waals surface area (Å²) in [6.07, 6.45) is 8.11. The maximum Gasteiger partial charge on any atom is 0.0571 e. The molecule has 0 radical (unpaired) electrons. The molecule has 0 aromatic heterocycles. The maximum atomic E-state index is 9.94. The van der Waals surface area contributed by atoms with Gasteiger partial charge in [0.15, 0.2) is 0 Å². The molecule has 18 heavy (non-hydrogen) atoms. The van der Waals surface area contributed by atoms with E-state index in [2.05, 4.69) is 12.1 Å². The first-order valence-corrected chi connectivity index (χ1v) is 7.30. The molecule has 1 aromatic carbocycles. The number of anilines is 1. The number of aryl methyl sites for hydroxylation is 1. The fraction of sp³-hybridized carbons (Fsp3) is 0.625. The summed E-state index contributed by atoms with van der Waals surface area (Å²) < 4.78 is 0. The summed E-state index contributed by atoms with van der Waals surface area (Å²) in [6, 6.07) is 6.51. The van der Waals surface area contributed by atoms with E-state index in [1.54, 1.807) is 0 Å². The molecule has 3 N–H and O–H groups in total. The van der Waals surface area contributed by atoms with E-state index in [-0.39, 0.29) is 6.10 Å². The second-order valence-electron chi connectivity index (χ2n) is 6.03. The van der Waals surface area contributed by atoms with Gasteiger partial charge in [-0.1, -0.05) is 18.6 Å². The Morgan fingerprint density at radius 1 is 1.22 bits per heavy atom. The molecule has 0 heterocycles. The zero-order chi connectivity index (χ0) is 12.5. The molecule has 2 fully saturated rings. The van der Waals surface area contributed by atoms with Crippen LogP contribution in [0.25, 0.3) is 0 Å². The SMILES string of the molecule is Nc1ccc(C2CCC2)cc1CC[C@@H](O)C1CC1. The smallest absolute Gasteiger partial charge is 0.0571 e. The summed E-state index contributed by atoms with van der Waals surface area (Å²) in [5.74, 6) is 1.33. The predicted octanol–water partition coefficient (Wildman–Crippen LogP) is 3.24. The predicted molar refractivity (Wildman–Crippen MR) is 74.5 cm³/mol. The van der Waals surface area contributed by atoms with Gasteiger partial charge in [-0.15, -0.1) is 0 Å². The van der Waals surface area contributed by atoms with Crippen molar-refractivity contribution in [3.63, 3.8) is 0 Å². The minimum Gasteiger partial charge on any atom is -0.399 e. The standard InChI is InChI=1S/C16H23NO/c17-15-8-6-13(11-2-1-3-11)10-14(15)7-9-16(18)12-4-5-12/h6,8,10-12,16,18H,1-5,7,9,17H2/t16-/m1/s1. The normalized spacial score (nSPS) is 21.6.